The predicted octanol–water partition coefficient (Wildman–Crippen LogP) is 4.31. The molecule has 6 nitrogen and oxygen atoms in total. The summed E-state index contributed by atoms with van der Waals surface area (Å²) in [5, 5.41) is 6.56. The van der Waals surface area contributed by atoms with Crippen molar-refractivity contribution in [1.82, 2.24) is 15.6 Å². The molecule has 0 fully saturated rings. The van der Waals surface area contributed by atoms with Crippen LogP contribution in [0.4, 0.5) is 0 Å². The third kappa shape index (κ3) is 6.37. The van der Waals surface area contributed by atoms with Crippen molar-refractivity contribution in [2.45, 2.75) is 59.5 Å². The van der Waals surface area contributed by atoms with Crippen molar-refractivity contribution in [2.24, 2.45) is 4.99 Å². The molecule has 2 aromatic rings. The van der Waals surface area contributed by atoms with Crippen molar-refractivity contribution in [3.05, 3.63) is 41.5 Å². The summed E-state index contributed by atoms with van der Waals surface area (Å²) in [6.07, 6.45) is 1.78. The van der Waals surface area contributed by atoms with Crippen molar-refractivity contribution in [3.63, 3.8) is 0 Å². The van der Waals surface area contributed by atoms with Crippen LogP contribution in [0.15, 0.2) is 32.2 Å². The van der Waals surface area contributed by atoms with Gasteiger partial charge in [-0.1, -0.05) is 20.8 Å². The second kappa shape index (κ2) is 9.26. The van der Waals surface area contributed by atoms with E-state index in [4.69, 9.17) is 8.83 Å². The van der Waals surface area contributed by atoms with Crippen LogP contribution in [-0.2, 0) is 12.0 Å². The van der Waals surface area contributed by atoms with Crippen LogP contribution < -0.4 is 10.6 Å². The van der Waals surface area contributed by atoms with E-state index in [2.05, 4.69) is 41.4 Å². The number of nitrogens with one attached hydrogen (secondary N) is 2. The van der Waals surface area contributed by atoms with Crippen molar-refractivity contribution in [2.75, 3.05) is 6.54 Å². The van der Waals surface area contributed by atoms with Gasteiger partial charge in [-0.3, -0.25) is 0 Å². The van der Waals surface area contributed by atoms with Crippen LogP contribution in [0.1, 0.15) is 63.8 Å². The summed E-state index contributed by atoms with van der Waals surface area (Å²) < 4.78 is 11.4. The van der Waals surface area contributed by atoms with Gasteiger partial charge in [-0.15, -0.1) is 24.0 Å². The first-order valence-corrected chi connectivity index (χ1v) is 8.36. The minimum Gasteiger partial charge on any atom is -0.464 e. The minimum atomic E-state index is -0.0522. The van der Waals surface area contributed by atoms with E-state index < -0.39 is 0 Å². The number of hydrogen-bond donors (Lipinski definition) is 2. The molecule has 0 saturated heterocycles. The van der Waals surface area contributed by atoms with Gasteiger partial charge in [-0.05, 0) is 32.9 Å². The molecule has 0 aromatic carbocycles. The number of aliphatic imine (C=N–C) groups is 1. The Kier molecular flexibility index (Phi) is 7.98. The normalized spacial score (nSPS) is 13.3. The molecule has 25 heavy (non-hydrogen) atoms. The fraction of sp³-hybridized carbons (Fsp3) is 0.556. The van der Waals surface area contributed by atoms with Crippen LogP contribution in [0.3, 0.4) is 0 Å². The molecule has 0 amide bonds. The summed E-state index contributed by atoms with van der Waals surface area (Å²) in [7, 11) is 0. The molecule has 2 heterocycles. The lowest BCUT2D eigenvalue weighted by Gasteiger charge is -2.16. The molecule has 0 spiro atoms. The van der Waals surface area contributed by atoms with Crippen LogP contribution in [-0.4, -0.2) is 17.5 Å². The van der Waals surface area contributed by atoms with Gasteiger partial charge < -0.3 is 19.5 Å². The molecule has 2 rings (SSSR count). The Hall–Kier alpha value is -1.51. The summed E-state index contributed by atoms with van der Waals surface area (Å²) >= 11 is 0. The van der Waals surface area contributed by atoms with Crippen LogP contribution in [0.2, 0.25) is 0 Å². The quantitative estimate of drug-likeness (QED) is 0.395. The fourth-order valence-electron chi connectivity index (χ4n) is 2.16. The van der Waals surface area contributed by atoms with Crippen molar-refractivity contribution in [1.29, 1.82) is 0 Å². The van der Waals surface area contributed by atoms with Gasteiger partial charge in [0.25, 0.3) is 0 Å². The minimum absolute atomic E-state index is 0. The number of hydrogen-bond acceptors (Lipinski definition) is 4. The molecule has 0 radical (unpaired) electrons. The van der Waals surface area contributed by atoms with Crippen LogP contribution in [0.5, 0.6) is 0 Å². The zero-order valence-electron chi connectivity index (χ0n) is 15.8. The molecule has 1 atom stereocenters. The van der Waals surface area contributed by atoms with E-state index in [1.807, 2.05) is 32.9 Å². The fourth-order valence-corrected chi connectivity index (χ4v) is 2.16. The van der Waals surface area contributed by atoms with Gasteiger partial charge in [0.2, 0.25) is 5.89 Å². The number of rotatable bonds is 5. The summed E-state index contributed by atoms with van der Waals surface area (Å²) in [4.78, 5) is 8.86. The molecule has 0 bridgehead atoms. The summed E-state index contributed by atoms with van der Waals surface area (Å²) in [5.74, 6) is 3.96. The van der Waals surface area contributed by atoms with E-state index in [-0.39, 0.29) is 35.4 Å². The topological polar surface area (TPSA) is 75.6 Å². The molecular weight excluding hydrogens is 431 g/mol. The Morgan fingerprint density at radius 1 is 1.28 bits per heavy atom. The van der Waals surface area contributed by atoms with Crippen LogP contribution in [0, 0.1) is 6.92 Å². The first-order chi connectivity index (χ1) is 11.3. The van der Waals surface area contributed by atoms with Gasteiger partial charge >= 0.3 is 0 Å². The highest BCUT2D eigenvalue weighted by molar-refractivity contribution is 14.0. The second-order valence-corrected chi connectivity index (χ2v) is 6.88. The lowest BCUT2D eigenvalue weighted by Crippen LogP contribution is -2.38. The van der Waals surface area contributed by atoms with Gasteiger partial charge in [0.15, 0.2) is 5.96 Å². The number of oxazole rings is 1. The van der Waals surface area contributed by atoms with Crippen molar-refractivity contribution >= 4 is 29.9 Å². The molecule has 7 heteroatoms. The number of aryl methyl sites for hydroxylation is 1. The summed E-state index contributed by atoms with van der Waals surface area (Å²) in [6, 6.07) is 3.95. The Labute approximate surface area is 166 Å². The van der Waals surface area contributed by atoms with E-state index in [1.165, 1.54) is 0 Å². The number of aromatic nitrogens is 1. The molecular formula is C18H29IN4O2. The monoisotopic (exact) mass is 460 g/mol. The second-order valence-electron chi connectivity index (χ2n) is 6.88. The average molecular weight is 460 g/mol. The van der Waals surface area contributed by atoms with Gasteiger partial charge in [0, 0.05) is 12.0 Å². The van der Waals surface area contributed by atoms with Gasteiger partial charge in [-0.2, -0.15) is 0 Å². The summed E-state index contributed by atoms with van der Waals surface area (Å²) in [5.41, 5.74) is -0.0522. The Morgan fingerprint density at radius 2 is 2.00 bits per heavy atom. The SMILES string of the molecule is CCNC(=NCc1ncc(C(C)(C)C)o1)NC(C)c1ccc(C)o1.I. The molecule has 0 aliphatic heterocycles. The molecule has 140 valence electrons. The standard InChI is InChI=1S/C18H28N4O2.HI/c1-7-19-17(22-13(3)14-9-8-12(2)23-14)21-11-16-20-10-15(24-16)18(4,5)6;/h8-10,13H,7,11H2,1-6H3,(H2,19,21,22);1H. The smallest absolute Gasteiger partial charge is 0.216 e. The molecule has 0 aliphatic rings. The molecule has 1 unspecified atom stereocenters. The largest absolute Gasteiger partial charge is 0.464 e. The molecule has 2 aromatic heterocycles. The molecule has 2 N–H and O–H groups in total. The summed E-state index contributed by atoms with van der Waals surface area (Å²) in [6.45, 7) is 13.4. The zero-order valence-corrected chi connectivity index (χ0v) is 18.2. The third-order valence-corrected chi connectivity index (χ3v) is 3.55. The first-order valence-electron chi connectivity index (χ1n) is 8.36. The Balaban J connectivity index is 0.00000312. The maximum Gasteiger partial charge on any atom is 0.216 e. The van der Waals surface area contributed by atoms with Crippen LogP contribution >= 0.6 is 24.0 Å². The average Bonchev–Trinajstić information content (AvgIpc) is 3.13. The number of furan rings is 1. The maximum atomic E-state index is 5.78. The van der Waals surface area contributed by atoms with Gasteiger partial charge in [0.1, 0.15) is 23.8 Å². The van der Waals surface area contributed by atoms with Crippen molar-refractivity contribution in [3.8, 4) is 0 Å². The van der Waals surface area contributed by atoms with E-state index in [1.54, 1.807) is 6.20 Å². The Bertz CT molecular complexity index is 685. The number of nitrogens with zero attached hydrogens (tertiary/aromatic N) is 2. The lowest BCUT2D eigenvalue weighted by molar-refractivity contribution is 0.383. The number of guanidine groups is 1. The molecule has 0 aliphatic carbocycles. The Morgan fingerprint density at radius 3 is 2.52 bits per heavy atom. The van der Waals surface area contributed by atoms with E-state index in [0.717, 1.165) is 23.8 Å². The third-order valence-electron chi connectivity index (χ3n) is 3.55. The van der Waals surface area contributed by atoms with Gasteiger partial charge in [-0.25, -0.2) is 9.98 Å². The van der Waals surface area contributed by atoms with E-state index in [9.17, 15) is 0 Å². The van der Waals surface area contributed by atoms with Crippen LogP contribution in [0.25, 0.3) is 0 Å². The predicted molar refractivity (Wildman–Crippen MR) is 110 cm³/mol. The van der Waals surface area contributed by atoms with E-state index >= 15 is 0 Å². The first kappa shape index (κ1) is 21.5. The maximum absolute atomic E-state index is 5.78. The zero-order chi connectivity index (χ0) is 17.7. The lowest BCUT2D eigenvalue weighted by atomic mass is 9.94. The highest BCUT2D eigenvalue weighted by Crippen LogP contribution is 2.22. The van der Waals surface area contributed by atoms with E-state index in [0.29, 0.717) is 18.4 Å². The van der Waals surface area contributed by atoms with Gasteiger partial charge in [0.05, 0.1) is 12.2 Å². The highest BCUT2D eigenvalue weighted by atomic mass is 127. The molecule has 0 saturated carbocycles. The van der Waals surface area contributed by atoms with Crippen molar-refractivity contribution < 1.29 is 8.83 Å². The highest BCUT2D eigenvalue weighted by Gasteiger charge is 2.19. The number of halogens is 1.